The molecular weight excluding hydrogens is 370 g/mol. The van der Waals surface area contributed by atoms with E-state index >= 15 is 0 Å². The fourth-order valence-electron chi connectivity index (χ4n) is 3.76. The van der Waals surface area contributed by atoms with Crippen LogP contribution >= 0.6 is 0 Å². The number of hydrogen-bond acceptors (Lipinski definition) is 4. The van der Waals surface area contributed by atoms with Gasteiger partial charge in [-0.1, -0.05) is 0 Å². The molecule has 29 heavy (non-hydrogen) atoms. The van der Waals surface area contributed by atoms with Crippen LogP contribution in [0.1, 0.15) is 59.4 Å². The van der Waals surface area contributed by atoms with E-state index in [1.165, 1.54) is 6.42 Å². The quantitative estimate of drug-likeness (QED) is 0.711. The number of ether oxygens (including phenoxy) is 1. The Kier molecular flexibility index (Phi) is 7.04. The average molecular weight is 399 g/mol. The van der Waals surface area contributed by atoms with Crippen LogP contribution < -0.4 is 5.32 Å². The molecule has 1 fully saturated rings. The lowest BCUT2D eigenvalue weighted by Gasteiger charge is -2.22. The predicted octanol–water partition coefficient (Wildman–Crippen LogP) is 3.20. The van der Waals surface area contributed by atoms with Crippen LogP contribution in [0.2, 0.25) is 0 Å². The summed E-state index contributed by atoms with van der Waals surface area (Å²) in [4.78, 5) is 23.2. The molecule has 0 spiro atoms. The first-order chi connectivity index (χ1) is 14.0. The van der Waals surface area contributed by atoms with Gasteiger partial charge in [-0.3, -0.25) is 9.59 Å². The highest BCUT2D eigenvalue weighted by atomic mass is 16.5. The van der Waals surface area contributed by atoms with Crippen LogP contribution in [0.25, 0.3) is 5.69 Å². The molecule has 0 saturated carbocycles. The van der Waals surface area contributed by atoms with Crippen molar-refractivity contribution >= 4 is 11.9 Å². The highest BCUT2D eigenvalue weighted by Gasteiger charge is 2.16. The highest BCUT2D eigenvalue weighted by Crippen LogP contribution is 2.20. The Morgan fingerprint density at radius 1 is 1.24 bits per heavy atom. The first-order valence-electron chi connectivity index (χ1n) is 10.2. The molecule has 1 aromatic heterocycles. The molecule has 2 N–H and O–H groups in total. The summed E-state index contributed by atoms with van der Waals surface area (Å²) in [6.07, 6.45) is 5.04. The number of carbonyl (C=O) groups is 2. The number of benzene rings is 1. The second-order valence-electron chi connectivity index (χ2n) is 7.53. The monoisotopic (exact) mass is 399 g/mol. The number of amides is 1. The fraction of sp³-hybridized carbons (Fsp3) is 0.500. The Labute approximate surface area is 171 Å². The number of aryl methyl sites for hydroxylation is 1. The van der Waals surface area contributed by atoms with E-state index in [4.69, 9.17) is 9.84 Å². The van der Waals surface area contributed by atoms with Gasteiger partial charge in [-0.05, 0) is 75.8 Å². The molecule has 7 nitrogen and oxygen atoms in total. The maximum atomic E-state index is 12.4. The van der Waals surface area contributed by atoms with Crippen molar-refractivity contribution in [2.75, 3.05) is 13.2 Å². The van der Waals surface area contributed by atoms with Gasteiger partial charge >= 0.3 is 5.97 Å². The van der Waals surface area contributed by atoms with Crippen molar-refractivity contribution in [3.8, 4) is 5.69 Å². The molecule has 1 aliphatic rings. The SMILES string of the molecule is Cc1nn(-c2ccc(C(=O)NCC[C@H]3CCCCO3)cc2)c(C)c1CCC(=O)O. The molecule has 0 radical (unpaired) electrons. The van der Waals surface area contributed by atoms with E-state index in [1.54, 1.807) is 16.8 Å². The smallest absolute Gasteiger partial charge is 0.303 e. The molecule has 1 saturated heterocycles. The zero-order chi connectivity index (χ0) is 20.8. The van der Waals surface area contributed by atoms with Crippen molar-refractivity contribution in [1.82, 2.24) is 15.1 Å². The van der Waals surface area contributed by atoms with Gasteiger partial charge in [0.25, 0.3) is 5.91 Å². The normalized spacial score (nSPS) is 16.6. The van der Waals surface area contributed by atoms with Crippen LogP contribution in [0.15, 0.2) is 24.3 Å². The summed E-state index contributed by atoms with van der Waals surface area (Å²) in [5.74, 6) is -0.912. The van der Waals surface area contributed by atoms with Crippen LogP contribution in [-0.4, -0.2) is 46.0 Å². The lowest BCUT2D eigenvalue weighted by atomic mass is 10.1. The van der Waals surface area contributed by atoms with Gasteiger partial charge in [0.15, 0.2) is 0 Å². The number of rotatable bonds is 8. The van der Waals surface area contributed by atoms with Crippen LogP contribution in [0.5, 0.6) is 0 Å². The molecule has 1 amide bonds. The molecule has 1 aromatic carbocycles. The van der Waals surface area contributed by atoms with E-state index in [0.717, 1.165) is 48.5 Å². The number of nitrogens with zero attached hydrogens (tertiary/aromatic N) is 2. The number of carboxylic acids is 1. The van der Waals surface area contributed by atoms with E-state index in [2.05, 4.69) is 10.4 Å². The summed E-state index contributed by atoms with van der Waals surface area (Å²) in [5, 5.41) is 16.4. The first-order valence-corrected chi connectivity index (χ1v) is 10.2. The number of aromatic nitrogens is 2. The Balaban J connectivity index is 1.60. The largest absolute Gasteiger partial charge is 0.481 e. The molecule has 7 heteroatoms. The van der Waals surface area contributed by atoms with Gasteiger partial charge < -0.3 is 15.2 Å². The van der Waals surface area contributed by atoms with Crippen LogP contribution in [0, 0.1) is 13.8 Å². The topological polar surface area (TPSA) is 93.5 Å². The van der Waals surface area contributed by atoms with E-state index in [9.17, 15) is 9.59 Å². The molecule has 1 atom stereocenters. The zero-order valence-corrected chi connectivity index (χ0v) is 17.1. The Morgan fingerprint density at radius 3 is 2.66 bits per heavy atom. The van der Waals surface area contributed by atoms with E-state index < -0.39 is 5.97 Å². The van der Waals surface area contributed by atoms with Crippen LogP contribution in [0.4, 0.5) is 0 Å². The van der Waals surface area contributed by atoms with Gasteiger partial charge in [0.1, 0.15) is 0 Å². The highest BCUT2D eigenvalue weighted by molar-refractivity contribution is 5.94. The summed E-state index contributed by atoms with van der Waals surface area (Å²) in [6.45, 7) is 5.25. The summed E-state index contributed by atoms with van der Waals surface area (Å²) in [5.41, 5.74) is 4.16. The van der Waals surface area contributed by atoms with Crippen molar-refractivity contribution in [2.45, 2.75) is 58.5 Å². The Morgan fingerprint density at radius 2 is 2.00 bits per heavy atom. The minimum Gasteiger partial charge on any atom is -0.481 e. The third-order valence-corrected chi connectivity index (χ3v) is 5.43. The minimum atomic E-state index is -0.818. The predicted molar refractivity (Wildman–Crippen MR) is 110 cm³/mol. The molecule has 0 unspecified atom stereocenters. The number of nitrogens with one attached hydrogen (secondary N) is 1. The molecule has 0 bridgehead atoms. The van der Waals surface area contributed by atoms with Crippen molar-refractivity contribution in [2.24, 2.45) is 0 Å². The van der Waals surface area contributed by atoms with Gasteiger partial charge in [0.05, 0.1) is 17.5 Å². The van der Waals surface area contributed by atoms with E-state index in [1.807, 2.05) is 26.0 Å². The third kappa shape index (κ3) is 5.44. The lowest BCUT2D eigenvalue weighted by Crippen LogP contribution is -2.29. The average Bonchev–Trinajstić information content (AvgIpc) is 3.00. The van der Waals surface area contributed by atoms with Gasteiger partial charge in [0, 0.05) is 30.8 Å². The summed E-state index contributed by atoms with van der Waals surface area (Å²) < 4.78 is 7.49. The fourth-order valence-corrected chi connectivity index (χ4v) is 3.76. The second kappa shape index (κ2) is 9.69. The summed E-state index contributed by atoms with van der Waals surface area (Å²) >= 11 is 0. The van der Waals surface area contributed by atoms with Crippen molar-refractivity contribution in [3.05, 3.63) is 46.8 Å². The molecule has 3 rings (SSSR count). The zero-order valence-electron chi connectivity index (χ0n) is 17.1. The van der Waals surface area contributed by atoms with E-state index in [-0.39, 0.29) is 18.4 Å². The molecule has 2 aromatic rings. The van der Waals surface area contributed by atoms with Gasteiger partial charge in [-0.25, -0.2) is 4.68 Å². The third-order valence-electron chi connectivity index (χ3n) is 5.43. The van der Waals surface area contributed by atoms with Gasteiger partial charge in [-0.2, -0.15) is 5.10 Å². The molecule has 0 aliphatic carbocycles. The molecular formula is C22H29N3O4. The van der Waals surface area contributed by atoms with Crippen molar-refractivity contribution in [3.63, 3.8) is 0 Å². The minimum absolute atomic E-state index is 0.0817. The van der Waals surface area contributed by atoms with Gasteiger partial charge in [-0.15, -0.1) is 0 Å². The number of aliphatic carboxylic acids is 1. The maximum absolute atomic E-state index is 12.4. The molecule has 156 valence electrons. The maximum Gasteiger partial charge on any atom is 0.303 e. The van der Waals surface area contributed by atoms with Crippen molar-refractivity contribution in [1.29, 1.82) is 0 Å². The molecule has 1 aliphatic heterocycles. The standard InChI is InChI=1S/C22H29N3O4/c1-15-20(10-11-21(26)27)16(2)25(24-15)18-8-6-17(7-9-18)22(28)23-13-12-19-5-3-4-14-29-19/h6-9,19H,3-5,10-14H2,1-2H3,(H,23,28)(H,26,27)/t19-/m1/s1. The first kappa shape index (κ1) is 21.0. The Bertz CT molecular complexity index is 852. The Hall–Kier alpha value is -2.67. The van der Waals surface area contributed by atoms with Gasteiger partial charge in [0.2, 0.25) is 0 Å². The number of carbonyl (C=O) groups excluding carboxylic acids is 1. The van der Waals surface area contributed by atoms with Crippen LogP contribution in [-0.2, 0) is 16.0 Å². The van der Waals surface area contributed by atoms with Crippen molar-refractivity contribution < 1.29 is 19.4 Å². The number of carboxylic acid groups (broad SMARTS) is 1. The lowest BCUT2D eigenvalue weighted by molar-refractivity contribution is -0.136. The van der Waals surface area contributed by atoms with E-state index in [0.29, 0.717) is 18.5 Å². The second-order valence-corrected chi connectivity index (χ2v) is 7.53. The molecule has 2 heterocycles. The summed E-state index contributed by atoms with van der Waals surface area (Å²) in [7, 11) is 0. The van der Waals surface area contributed by atoms with Crippen LogP contribution in [0.3, 0.4) is 0 Å². The summed E-state index contributed by atoms with van der Waals surface area (Å²) in [6, 6.07) is 7.30. The number of hydrogen-bond donors (Lipinski definition) is 2.